The van der Waals surface area contributed by atoms with Crippen LogP contribution in [0.5, 0.6) is 0 Å². The standard InChI is InChI=1S/C21H21ClN2O4/c1-14-5-7-15(8-6-14)11-24-12-16(9-20(24)26)21(27)28-13-19(25)23-18-4-2-3-17(22)10-18/h2-8,10,16H,9,11-13H2,1H3,(H,23,25)/t16-/m0/s1. The summed E-state index contributed by atoms with van der Waals surface area (Å²) in [5.74, 6) is -1.65. The Balaban J connectivity index is 1.47. The van der Waals surface area contributed by atoms with E-state index in [0.29, 0.717) is 23.8 Å². The second kappa shape index (κ2) is 8.89. The number of hydrogen-bond acceptors (Lipinski definition) is 4. The number of esters is 1. The number of nitrogens with one attached hydrogen (secondary N) is 1. The maximum atomic E-state index is 12.2. The lowest BCUT2D eigenvalue weighted by Crippen LogP contribution is -2.28. The molecule has 3 rings (SSSR count). The summed E-state index contributed by atoms with van der Waals surface area (Å²) < 4.78 is 5.09. The van der Waals surface area contributed by atoms with Gasteiger partial charge in [0.2, 0.25) is 5.91 Å². The van der Waals surface area contributed by atoms with E-state index in [4.69, 9.17) is 16.3 Å². The molecule has 0 aliphatic carbocycles. The zero-order valence-electron chi connectivity index (χ0n) is 15.5. The van der Waals surface area contributed by atoms with Crippen LogP contribution >= 0.6 is 11.6 Å². The number of benzene rings is 2. The van der Waals surface area contributed by atoms with Crippen LogP contribution in [-0.4, -0.2) is 35.8 Å². The fourth-order valence-corrected chi connectivity index (χ4v) is 3.20. The van der Waals surface area contributed by atoms with E-state index in [1.165, 1.54) is 0 Å². The highest BCUT2D eigenvalue weighted by Gasteiger charge is 2.35. The van der Waals surface area contributed by atoms with Crippen LogP contribution in [0.4, 0.5) is 5.69 Å². The van der Waals surface area contributed by atoms with E-state index in [9.17, 15) is 14.4 Å². The summed E-state index contributed by atoms with van der Waals surface area (Å²) >= 11 is 5.86. The zero-order chi connectivity index (χ0) is 20.1. The third-order valence-electron chi connectivity index (χ3n) is 4.50. The van der Waals surface area contributed by atoms with E-state index in [-0.39, 0.29) is 12.3 Å². The van der Waals surface area contributed by atoms with Crippen molar-refractivity contribution in [1.82, 2.24) is 4.90 Å². The smallest absolute Gasteiger partial charge is 0.311 e. The van der Waals surface area contributed by atoms with Gasteiger partial charge in [0.05, 0.1) is 5.92 Å². The van der Waals surface area contributed by atoms with Crippen molar-refractivity contribution in [3.05, 3.63) is 64.7 Å². The van der Waals surface area contributed by atoms with E-state index in [1.807, 2.05) is 31.2 Å². The minimum Gasteiger partial charge on any atom is -0.455 e. The number of halogens is 1. The van der Waals surface area contributed by atoms with E-state index in [0.717, 1.165) is 11.1 Å². The maximum absolute atomic E-state index is 12.2. The number of carbonyl (C=O) groups is 3. The van der Waals surface area contributed by atoms with Crippen LogP contribution in [-0.2, 0) is 25.7 Å². The first-order valence-corrected chi connectivity index (χ1v) is 9.34. The topological polar surface area (TPSA) is 75.7 Å². The third kappa shape index (κ3) is 5.33. The lowest BCUT2D eigenvalue weighted by molar-refractivity contribution is -0.151. The Labute approximate surface area is 168 Å². The molecule has 2 aromatic rings. The molecular weight excluding hydrogens is 380 g/mol. The number of nitrogens with zero attached hydrogens (tertiary/aromatic N) is 1. The molecule has 1 N–H and O–H groups in total. The van der Waals surface area contributed by atoms with E-state index >= 15 is 0 Å². The number of ether oxygens (including phenoxy) is 1. The van der Waals surface area contributed by atoms with E-state index in [1.54, 1.807) is 29.2 Å². The summed E-state index contributed by atoms with van der Waals surface area (Å²) in [5.41, 5.74) is 2.68. The fourth-order valence-electron chi connectivity index (χ4n) is 3.01. The number of rotatable bonds is 6. The van der Waals surface area contributed by atoms with Gasteiger partial charge in [-0.25, -0.2) is 0 Å². The molecule has 1 atom stereocenters. The quantitative estimate of drug-likeness (QED) is 0.755. The van der Waals surface area contributed by atoms with Crippen molar-refractivity contribution in [2.45, 2.75) is 19.9 Å². The van der Waals surface area contributed by atoms with Crippen molar-refractivity contribution in [3.63, 3.8) is 0 Å². The van der Waals surface area contributed by atoms with Gasteiger partial charge in [-0.05, 0) is 30.7 Å². The Kier molecular flexibility index (Phi) is 6.31. The molecule has 1 saturated heterocycles. The van der Waals surface area contributed by atoms with Gasteiger partial charge in [-0.2, -0.15) is 0 Å². The van der Waals surface area contributed by atoms with Gasteiger partial charge in [0, 0.05) is 30.2 Å². The van der Waals surface area contributed by atoms with Gasteiger partial charge < -0.3 is 15.0 Å². The Morgan fingerprint density at radius 3 is 2.68 bits per heavy atom. The molecule has 0 aromatic heterocycles. The highest BCUT2D eigenvalue weighted by Crippen LogP contribution is 2.22. The number of carbonyl (C=O) groups excluding carboxylic acids is 3. The minimum atomic E-state index is -0.558. The Hall–Kier alpha value is -2.86. The molecule has 1 fully saturated rings. The molecule has 0 saturated carbocycles. The normalized spacial score (nSPS) is 16.1. The van der Waals surface area contributed by atoms with Crippen molar-refractivity contribution < 1.29 is 19.1 Å². The lowest BCUT2D eigenvalue weighted by Gasteiger charge is -2.16. The van der Waals surface area contributed by atoms with Crippen molar-refractivity contribution in [3.8, 4) is 0 Å². The van der Waals surface area contributed by atoms with Crippen molar-refractivity contribution in [2.24, 2.45) is 5.92 Å². The molecule has 1 aliphatic rings. The van der Waals surface area contributed by atoms with Crippen LogP contribution in [0.1, 0.15) is 17.5 Å². The first-order valence-electron chi connectivity index (χ1n) is 8.96. The highest BCUT2D eigenvalue weighted by molar-refractivity contribution is 6.30. The molecule has 0 spiro atoms. The number of amides is 2. The molecule has 7 heteroatoms. The first-order chi connectivity index (χ1) is 13.4. The molecular formula is C21H21ClN2O4. The van der Waals surface area contributed by atoms with Crippen molar-refractivity contribution >= 4 is 35.1 Å². The first kappa shape index (κ1) is 19.9. The predicted molar refractivity (Wildman–Crippen MR) is 106 cm³/mol. The Morgan fingerprint density at radius 1 is 1.21 bits per heavy atom. The van der Waals surface area contributed by atoms with Gasteiger partial charge >= 0.3 is 5.97 Å². The summed E-state index contributed by atoms with van der Waals surface area (Å²) in [6.45, 7) is 2.34. The molecule has 28 heavy (non-hydrogen) atoms. The average Bonchev–Trinajstić information content (AvgIpc) is 3.02. The summed E-state index contributed by atoms with van der Waals surface area (Å²) in [7, 11) is 0. The van der Waals surface area contributed by atoms with Crippen LogP contribution in [0.25, 0.3) is 0 Å². The van der Waals surface area contributed by atoms with Crippen molar-refractivity contribution in [2.75, 3.05) is 18.5 Å². The van der Waals surface area contributed by atoms with Crippen LogP contribution in [0.3, 0.4) is 0 Å². The van der Waals surface area contributed by atoms with E-state index in [2.05, 4.69) is 5.32 Å². The molecule has 6 nitrogen and oxygen atoms in total. The van der Waals surface area contributed by atoms with Gasteiger partial charge in [-0.1, -0.05) is 47.5 Å². The van der Waals surface area contributed by atoms with Crippen LogP contribution in [0.2, 0.25) is 5.02 Å². The zero-order valence-corrected chi connectivity index (χ0v) is 16.2. The second-order valence-corrected chi connectivity index (χ2v) is 7.26. The Morgan fingerprint density at radius 2 is 1.96 bits per heavy atom. The fraction of sp³-hybridized carbons (Fsp3) is 0.286. The molecule has 0 radical (unpaired) electrons. The molecule has 1 heterocycles. The number of likely N-dealkylation sites (tertiary alicyclic amines) is 1. The van der Waals surface area contributed by atoms with Gasteiger partial charge in [-0.3, -0.25) is 14.4 Å². The van der Waals surface area contributed by atoms with E-state index < -0.39 is 24.4 Å². The highest BCUT2D eigenvalue weighted by atomic mass is 35.5. The van der Waals surface area contributed by atoms with Gasteiger partial charge in [0.15, 0.2) is 6.61 Å². The molecule has 1 aliphatic heterocycles. The third-order valence-corrected chi connectivity index (χ3v) is 4.73. The SMILES string of the molecule is Cc1ccc(CN2C[C@@H](C(=O)OCC(=O)Nc3cccc(Cl)c3)CC2=O)cc1. The van der Waals surface area contributed by atoms with Gasteiger partial charge in [0.25, 0.3) is 5.91 Å². The number of anilines is 1. The summed E-state index contributed by atoms with van der Waals surface area (Å²) in [4.78, 5) is 38.0. The predicted octanol–water partition coefficient (Wildman–Crippen LogP) is 3.18. The second-order valence-electron chi connectivity index (χ2n) is 6.83. The van der Waals surface area contributed by atoms with Crippen LogP contribution in [0, 0.1) is 12.8 Å². The monoisotopic (exact) mass is 400 g/mol. The lowest BCUT2D eigenvalue weighted by atomic mass is 10.1. The largest absolute Gasteiger partial charge is 0.455 e. The van der Waals surface area contributed by atoms with Crippen LogP contribution < -0.4 is 5.32 Å². The molecule has 2 amide bonds. The molecule has 146 valence electrons. The summed E-state index contributed by atoms with van der Waals surface area (Å²) in [5, 5.41) is 3.10. The average molecular weight is 401 g/mol. The number of hydrogen-bond donors (Lipinski definition) is 1. The van der Waals surface area contributed by atoms with Crippen molar-refractivity contribution in [1.29, 1.82) is 0 Å². The van der Waals surface area contributed by atoms with Gasteiger partial charge in [-0.15, -0.1) is 0 Å². The number of aryl methyl sites for hydroxylation is 1. The molecule has 0 bridgehead atoms. The maximum Gasteiger partial charge on any atom is 0.311 e. The summed E-state index contributed by atoms with van der Waals surface area (Å²) in [6, 6.07) is 14.6. The van der Waals surface area contributed by atoms with Gasteiger partial charge in [0.1, 0.15) is 0 Å². The minimum absolute atomic E-state index is 0.0918. The molecule has 2 aromatic carbocycles. The Bertz CT molecular complexity index is 882. The van der Waals surface area contributed by atoms with Crippen LogP contribution in [0.15, 0.2) is 48.5 Å². The summed E-state index contributed by atoms with van der Waals surface area (Å²) in [6.07, 6.45) is 0.0978. The molecule has 0 unspecified atom stereocenters.